The van der Waals surface area contributed by atoms with Crippen LogP contribution >= 0.6 is 11.3 Å². The van der Waals surface area contributed by atoms with E-state index in [0.29, 0.717) is 10.6 Å². The van der Waals surface area contributed by atoms with Gasteiger partial charge in [0.2, 0.25) is 0 Å². The van der Waals surface area contributed by atoms with E-state index in [1.165, 1.54) is 17.4 Å². The van der Waals surface area contributed by atoms with Crippen molar-refractivity contribution in [1.29, 1.82) is 0 Å². The zero-order chi connectivity index (χ0) is 19.2. The molecule has 0 saturated carbocycles. The maximum atomic E-state index is 13.7. The molecule has 1 aromatic heterocycles. The third-order valence-corrected chi connectivity index (χ3v) is 4.95. The number of ketones is 1. The van der Waals surface area contributed by atoms with Crippen LogP contribution in [0.2, 0.25) is 0 Å². The molecular formula is C22H19FO3S. The molecular weight excluding hydrogens is 363 g/mol. The largest absolute Gasteiger partial charge is 0.496 e. The van der Waals surface area contributed by atoms with Gasteiger partial charge in [-0.2, -0.15) is 0 Å². The second-order valence-corrected chi connectivity index (χ2v) is 7.19. The highest BCUT2D eigenvalue weighted by Crippen LogP contribution is 2.24. The normalized spacial score (nSPS) is 10.9. The summed E-state index contributed by atoms with van der Waals surface area (Å²) in [6.07, 6.45) is 3.30. The SMILES string of the molecule is COc1ccc(/C=C/C(=O)c2ccc(C)s2)cc1COc1ccccc1F. The number of halogens is 1. The third kappa shape index (κ3) is 4.83. The first-order valence-electron chi connectivity index (χ1n) is 8.40. The van der Waals surface area contributed by atoms with Crippen LogP contribution in [-0.4, -0.2) is 12.9 Å². The van der Waals surface area contributed by atoms with Crippen LogP contribution < -0.4 is 9.47 Å². The Hall–Kier alpha value is -2.92. The molecule has 3 nitrogen and oxygen atoms in total. The number of benzene rings is 2. The Morgan fingerprint density at radius 3 is 2.63 bits per heavy atom. The Balaban J connectivity index is 1.75. The fourth-order valence-corrected chi connectivity index (χ4v) is 3.34. The van der Waals surface area contributed by atoms with Gasteiger partial charge in [0.1, 0.15) is 12.4 Å². The van der Waals surface area contributed by atoms with Crippen LogP contribution in [0.1, 0.15) is 25.7 Å². The van der Waals surface area contributed by atoms with E-state index in [1.807, 2.05) is 31.2 Å². The van der Waals surface area contributed by atoms with E-state index in [1.54, 1.807) is 43.5 Å². The van der Waals surface area contributed by atoms with E-state index in [0.717, 1.165) is 16.0 Å². The molecule has 1 heterocycles. The molecule has 2 aromatic carbocycles. The van der Waals surface area contributed by atoms with Crippen molar-refractivity contribution in [3.8, 4) is 11.5 Å². The lowest BCUT2D eigenvalue weighted by molar-refractivity contribution is 0.105. The second-order valence-electron chi connectivity index (χ2n) is 5.90. The summed E-state index contributed by atoms with van der Waals surface area (Å²) < 4.78 is 24.6. The minimum Gasteiger partial charge on any atom is -0.496 e. The molecule has 138 valence electrons. The molecule has 3 aromatic rings. The van der Waals surface area contributed by atoms with Crippen LogP contribution in [0.15, 0.2) is 60.7 Å². The molecule has 0 aliphatic carbocycles. The van der Waals surface area contributed by atoms with Gasteiger partial charge >= 0.3 is 0 Å². The number of hydrogen-bond acceptors (Lipinski definition) is 4. The molecule has 0 atom stereocenters. The van der Waals surface area contributed by atoms with Crippen LogP contribution in [0.25, 0.3) is 6.08 Å². The Labute approximate surface area is 161 Å². The highest BCUT2D eigenvalue weighted by Gasteiger charge is 2.08. The van der Waals surface area contributed by atoms with E-state index < -0.39 is 5.82 Å². The van der Waals surface area contributed by atoms with Crippen molar-refractivity contribution in [2.45, 2.75) is 13.5 Å². The van der Waals surface area contributed by atoms with Crippen molar-refractivity contribution in [2.75, 3.05) is 7.11 Å². The average molecular weight is 382 g/mol. The summed E-state index contributed by atoms with van der Waals surface area (Å²) in [4.78, 5) is 14.0. The zero-order valence-corrected chi connectivity index (χ0v) is 15.9. The first kappa shape index (κ1) is 18.9. The fraction of sp³-hybridized carbons (Fsp3) is 0.136. The van der Waals surface area contributed by atoms with Gasteiger partial charge < -0.3 is 9.47 Å². The summed E-state index contributed by atoms with van der Waals surface area (Å²) in [5.41, 5.74) is 1.60. The monoisotopic (exact) mass is 382 g/mol. The number of para-hydroxylation sites is 1. The van der Waals surface area contributed by atoms with Gasteiger partial charge in [-0.05, 0) is 55.0 Å². The number of rotatable bonds is 7. The molecule has 0 fully saturated rings. The van der Waals surface area contributed by atoms with Crippen molar-refractivity contribution >= 4 is 23.2 Å². The van der Waals surface area contributed by atoms with Gasteiger partial charge in [-0.15, -0.1) is 11.3 Å². The Morgan fingerprint density at radius 1 is 1.11 bits per heavy atom. The van der Waals surface area contributed by atoms with Gasteiger partial charge in [0, 0.05) is 10.4 Å². The molecule has 0 unspecified atom stereocenters. The topological polar surface area (TPSA) is 35.5 Å². The zero-order valence-electron chi connectivity index (χ0n) is 15.1. The van der Waals surface area contributed by atoms with E-state index in [4.69, 9.17) is 9.47 Å². The van der Waals surface area contributed by atoms with Crippen molar-refractivity contribution in [2.24, 2.45) is 0 Å². The lowest BCUT2D eigenvalue weighted by Gasteiger charge is -2.11. The number of allylic oxidation sites excluding steroid dienone is 1. The molecule has 0 aliphatic rings. The van der Waals surface area contributed by atoms with Crippen LogP contribution in [0.4, 0.5) is 4.39 Å². The predicted molar refractivity (Wildman–Crippen MR) is 106 cm³/mol. The number of carbonyl (C=O) groups is 1. The van der Waals surface area contributed by atoms with E-state index in [-0.39, 0.29) is 18.1 Å². The van der Waals surface area contributed by atoms with Crippen LogP contribution in [0.3, 0.4) is 0 Å². The second kappa shape index (κ2) is 8.64. The highest BCUT2D eigenvalue weighted by atomic mass is 32.1. The van der Waals surface area contributed by atoms with Gasteiger partial charge in [0.15, 0.2) is 17.3 Å². The number of thiophene rings is 1. The van der Waals surface area contributed by atoms with E-state index in [2.05, 4.69) is 0 Å². The van der Waals surface area contributed by atoms with Gasteiger partial charge in [0.25, 0.3) is 0 Å². The summed E-state index contributed by atoms with van der Waals surface area (Å²) in [6.45, 7) is 2.13. The lowest BCUT2D eigenvalue weighted by atomic mass is 10.1. The van der Waals surface area contributed by atoms with Gasteiger partial charge in [-0.3, -0.25) is 4.79 Å². The predicted octanol–water partition coefficient (Wildman–Crippen LogP) is 5.68. The van der Waals surface area contributed by atoms with Crippen molar-refractivity contribution in [1.82, 2.24) is 0 Å². The molecule has 0 radical (unpaired) electrons. The minimum atomic E-state index is -0.413. The van der Waals surface area contributed by atoms with Crippen LogP contribution in [0.5, 0.6) is 11.5 Å². The third-order valence-electron chi connectivity index (χ3n) is 3.93. The van der Waals surface area contributed by atoms with E-state index >= 15 is 0 Å². The first-order chi connectivity index (χ1) is 13.1. The number of ether oxygens (including phenoxy) is 2. The Kier molecular flexibility index (Phi) is 6.04. The quantitative estimate of drug-likeness (QED) is 0.390. The number of methoxy groups -OCH3 is 1. The van der Waals surface area contributed by atoms with Gasteiger partial charge in [-0.25, -0.2) is 4.39 Å². The highest BCUT2D eigenvalue weighted by molar-refractivity contribution is 7.14. The molecule has 27 heavy (non-hydrogen) atoms. The molecule has 0 saturated heterocycles. The molecule has 0 bridgehead atoms. The summed E-state index contributed by atoms with van der Waals surface area (Å²) in [5, 5.41) is 0. The summed E-state index contributed by atoms with van der Waals surface area (Å²) in [5.74, 6) is 0.380. The molecule has 5 heteroatoms. The summed E-state index contributed by atoms with van der Waals surface area (Å²) in [6, 6.07) is 15.5. The molecule has 0 spiro atoms. The minimum absolute atomic E-state index is 0.0342. The maximum absolute atomic E-state index is 13.7. The van der Waals surface area contributed by atoms with Gasteiger partial charge in [0.05, 0.1) is 12.0 Å². The molecule has 0 aliphatic heterocycles. The molecule has 0 N–H and O–H groups in total. The standard InChI is InChI=1S/C22H19FO3S/c1-15-7-12-22(27-15)19(24)10-8-16-9-11-20(25-2)17(13-16)14-26-21-6-4-3-5-18(21)23/h3-13H,14H2,1-2H3/b10-8+. The smallest absolute Gasteiger partial charge is 0.195 e. The van der Waals surface area contributed by atoms with Crippen molar-refractivity contribution in [3.05, 3.63) is 87.4 Å². The van der Waals surface area contributed by atoms with Gasteiger partial charge in [-0.1, -0.05) is 24.3 Å². The fourth-order valence-electron chi connectivity index (χ4n) is 2.55. The van der Waals surface area contributed by atoms with Crippen LogP contribution in [-0.2, 0) is 6.61 Å². The number of hydrogen-bond donors (Lipinski definition) is 0. The van der Waals surface area contributed by atoms with Crippen LogP contribution in [0, 0.1) is 12.7 Å². The molecule has 0 amide bonds. The summed E-state index contributed by atoms with van der Waals surface area (Å²) in [7, 11) is 1.57. The number of carbonyl (C=O) groups excluding carboxylic acids is 1. The number of aryl methyl sites for hydroxylation is 1. The maximum Gasteiger partial charge on any atom is 0.195 e. The average Bonchev–Trinajstić information content (AvgIpc) is 3.12. The van der Waals surface area contributed by atoms with Crippen molar-refractivity contribution in [3.63, 3.8) is 0 Å². The van der Waals surface area contributed by atoms with E-state index in [9.17, 15) is 9.18 Å². The van der Waals surface area contributed by atoms with Crippen molar-refractivity contribution < 1.29 is 18.7 Å². The Morgan fingerprint density at radius 2 is 1.93 bits per heavy atom. The first-order valence-corrected chi connectivity index (χ1v) is 9.21. The lowest BCUT2D eigenvalue weighted by Crippen LogP contribution is -2.00. The summed E-state index contributed by atoms with van der Waals surface area (Å²) >= 11 is 1.47. The molecule has 3 rings (SSSR count). The Bertz CT molecular complexity index is 975.